The van der Waals surface area contributed by atoms with E-state index in [1.807, 2.05) is 18.2 Å². The van der Waals surface area contributed by atoms with E-state index in [4.69, 9.17) is 25.6 Å². The average Bonchev–Trinajstić information content (AvgIpc) is 3.25. The van der Waals surface area contributed by atoms with Crippen molar-refractivity contribution in [2.24, 2.45) is 0 Å². The van der Waals surface area contributed by atoms with Crippen molar-refractivity contribution < 1.29 is 28.0 Å². The second kappa shape index (κ2) is 11.9. The van der Waals surface area contributed by atoms with Crippen LogP contribution in [0, 0.1) is 12.7 Å². The Morgan fingerprint density at radius 3 is 2.55 bits per heavy atom. The Labute approximate surface area is 224 Å². The van der Waals surface area contributed by atoms with Crippen molar-refractivity contribution in [1.82, 2.24) is 5.16 Å². The van der Waals surface area contributed by atoms with E-state index in [1.165, 1.54) is 6.07 Å². The first-order chi connectivity index (χ1) is 18.3. The number of aryl methyl sites for hydroxylation is 1. The van der Waals surface area contributed by atoms with Gasteiger partial charge >= 0.3 is 12.1 Å². The van der Waals surface area contributed by atoms with Gasteiger partial charge in [0.25, 0.3) is 0 Å². The number of benzene rings is 3. The molecule has 0 spiro atoms. The Kier molecular flexibility index (Phi) is 8.43. The molecule has 4 aromatic rings. The van der Waals surface area contributed by atoms with Crippen molar-refractivity contribution in [2.75, 3.05) is 11.9 Å². The summed E-state index contributed by atoms with van der Waals surface area (Å²) >= 11 is 6.22. The highest BCUT2D eigenvalue weighted by molar-refractivity contribution is 6.31. The molecule has 38 heavy (non-hydrogen) atoms. The summed E-state index contributed by atoms with van der Waals surface area (Å²) < 4.78 is 30.4. The Balaban J connectivity index is 1.56. The summed E-state index contributed by atoms with van der Waals surface area (Å²) in [6, 6.07) is 19.0. The van der Waals surface area contributed by atoms with Crippen LogP contribution in [0.1, 0.15) is 36.8 Å². The van der Waals surface area contributed by atoms with Gasteiger partial charge in [-0.05, 0) is 61.7 Å². The molecule has 1 atom stereocenters. The monoisotopic (exact) mass is 536 g/mol. The molecule has 1 unspecified atom stereocenters. The molecule has 3 aromatic carbocycles. The van der Waals surface area contributed by atoms with Gasteiger partial charge in [-0.3, -0.25) is 10.1 Å². The zero-order valence-corrected chi connectivity index (χ0v) is 21.8. The third-order valence-corrected chi connectivity index (χ3v) is 6.20. The molecule has 196 valence electrons. The molecule has 4 rings (SSSR count). The summed E-state index contributed by atoms with van der Waals surface area (Å²) in [4.78, 5) is 24.6. The molecular weight excluding hydrogens is 511 g/mol. The van der Waals surface area contributed by atoms with Crippen LogP contribution in [0.15, 0.2) is 71.3 Å². The first-order valence-electron chi connectivity index (χ1n) is 12.0. The lowest BCUT2D eigenvalue weighted by atomic mass is 9.98. The number of ether oxygens (including phenoxy) is 2. The van der Waals surface area contributed by atoms with Gasteiger partial charge in [0.15, 0.2) is 5.76 Å². The van der Waals surface area contributed by atoms with Crippen LogP contribution in [0.25, 0.3) is 22.5 Å². The van der Waals surface area contributed by atoms with Crippen LogP contribution < -0.4 is 5.32 Å². The van der Waals surface area contributed by atoms with Gasteiger partial charge in [-0.15, -0.1) is 0 Å². The van der Waals surface area contributed by atoms with E-state index in [1.54, 1.807) is 63.2 Å². The molecule has 0 radical (unpaired) electrons. The van der Waals surface area contributed by atoms with Crippen LogP contribution in [0.2, 0.25) is 5.02 Å². The molecule has 1 heterocycles. The number of halogens is 2. The first-order valence-corrected chi connectivity index (χ1v) is 12.4. The van der Waals surface area contributed by atoms with Crippen LogP contribution in [-0.2, 0) is 20.7 Å². The Morgan fingerprint density at radius 1 is 1.05 bits per heavy atom. The minimum Gasteiger partial charge on any atom is -0.466 e. The van der Waals surface area contributed by atoms with Gasteiger partial charge in [-0.2, -0.15) is 0 Å². The van der Waals surface area contributed by atoms with Crippen molar-refractivity contribution in [1.29, 1.82) is 0 Å². The Hall–Kier alpha value is -4.17. The topological polar surface area (TPSA) is 90.7 Å². The second-order valence-electron chi connectivity index (χ2n) is 8.53. The maximum absolute atomic E-state index is 14.3. The van der Waals surface area contributed by atoms with E-state index in [0.717, 1.165) is 5.56 Å². The SMILES string of the molecule is CCOC(=O)Cc1cc(-c2cccc(-c3onc(C)c3NC(=O)OC(C)c3ccccc3Cl)c2)ccc1F. The number of amides is 1. The van der Waals surface area contributed by atoms with Crippen molar-refractivity contribution in [3.8, 4) is 22.5 Å². The standard InChI is InChI=1S/C29H26ClFN2O5/c1-4-36-26(34)16-22-15-20(12-13-25(22)31)19-8-7-9-21(14-19)28-27(17(2)33-38-28)32-29(35)37-18(3)23-10-5-6-11-24(23)30/h5-15,18H,4,16H2,1-3H3,(H,32,35). The van der Waals surface area contributed by atoms with Gasteiger partial charge in [-0.25, -0.2) is 9.18 Å². The van der Waals surface area contributed by atoms with Gasteiger partial charge in [0.05, 0.1) is 13.0 Å². The summed E-state index contributed by atoms with van der Waals surface area (Å²) in [7, 11) is 0. The predicted octanol–water partition coefficient (Wildman–Crippen LogP) is 7.52. The van der Waals surface area contributed by atoms with Crippen molar-refractivity contribution >= 4 is 29.4 Å². The van der Waals surface area contributed by atoms with Crippen LogP contribution in [0.3, 0.4) is 0 Å². The maximum atomic E-state index is 14.3. The number of carbonyl (C=O) groups is 2. The molecule has 0 bridgehead atoms. The molecule has 0 aliphatic rings. The molecule has 0 saturated heterocycles. The number of esters is 1. The lowest BCUT2D eigenvalue weighted by Gasteiger charge is -2.15. The summed E-state index contributed by atoms with van der Waals surface area (Å²) in [5.74, 6) is -0.652. The molecule has 9 heteroatoms. The zero-order chi connectivity index (χ0) is 27.2. The molecule has 1 N–H and O–H groups in total. The van der Waals surface area contributed by atoms with E-state index in [-0.39, 0.29) is 18.6 Å². The number of anilines is 1. The van der Waals surface area contributed by atoms with Crippen molar-refractivity contribution in [3.05, 3.63) is 94.4 Å². The number of hydrogen-bond donors (Lipinski definition) is 1. The van der Waals surface area contributed by atoms with E-state index in [2.05, 4.69) is 10.5 Å². The van der Waals surface area contributed by atoms with Crippen molar-refractivity contribution in [3.63, 3.8) is 0 Å². The smallest absolute Gasteiger partial charge is 0.412 e. The minimum absolute atomic E-state index is 0.169. The Morgan fingerprint density at radius 2 is 1.79 bits per heavy atom. The van der Waals surface area contributed by atoms with Gasteiger partial charge in [0.2, 0.25) is 0 Å². The minimum atomic E-state index is -0.691. The lowest BCUT2D eigenvalue weighted by Crippen LogP contribution is -2.17. The van der Waals surface area contributed by atoms with E-state index in [0.29, 0.717) is 38.9 Å². The zero-order valence-electron chi connectivity index (χ0n) is 21.1. The Bertz CT molecular complexity index is 1470. The summed E-state index contributed by atoms with van der Waals surface area (Å²) in [6.07, 6.45) is -1.45. The van der Waals surface area contributed by atoms with Gasteiger partial charge in [0.1, 0.15) is 23.3 Å². The number of nitrogens with zero attached hydrogens (tertiary/aromatic N) is 1. The van der Waals surface area contributed by atoms with Gasteiger partial charge in [-0.1, -0.05) is 59.2 Å². The highest BCUT2D eigenvalue weighted by Gasteiger charge is 2.21. The quantitative estimate of drug-likeness (QED) is 0.234. The van der Waals surface area contributed by atoms with Crippen molar-refractivity contribution in [2.45, 2.75) is 33.3 Å². The lowest BCUT2D eigenvalue weighted by molar-refractivity contribution is -0.142. The summed E-state index contributed by atoms with van der Waals surface area (Å²) in [6.45, 7) is 5.35. The molecule has 0 aliphatic carbocycles. The first kappa shape index (κ1) is 26.9. The molecular formula is C29H26ClFN2O5. The molecule has 7 nitrogen and oxygen atoms in total. The van der Waals surface area contributed by atoms with Crippen LogP contribution >= 0.6 is 11.6 Å². The van der Waals surface area contributed by atoms with E-state index in [9.17, 15) is 14.0 Å². The fourth-order valence-electron chi connectivity index (χ4n) is 3.97. The van der Waals surface area contributed by atoms with E-state index >= 15 is 0 Å². The number of nitrogens with one attached hydrogen (secondary N) is 1. The molecule has 0 saturated carbocycles. The van der Waals surface area contributed by atoms with Crippen LogP contribution in [0.5, 0.6) is 0 Å². The maximum Gasteiger partial charge on any atom is 0.412 e. The highest BCUT2D eigenvalue weighted by atomic mass is 35.5. The number of aromatic nitrogens is 1. The second-order valence-corrected chi connectivity index (χ2v) is 8.94. The van der Waals surface area contributed by atoms with E-state index < -0.39 is 24.0 Å². The number of hydrogen-bond acceptors (Lipinski definition) is 6. The largest absolute Gasteiger partial charge is 0.466 e. The summed E-state index contributed by atoms with van der Waals surface area (Å²) in [5, 5.41) is 7.23. The number of carbonyl (C=O) groups excluding carboxylic acids is 2. The van der Waals surface area contributed by atoms with Crippen LogP contribution in [-0.4, -0.2) is 23.8 Å². The fourth-order valence-corrected chi connectivity index (χ4v) is 4.26. The van der Waals surface area contributed by atoms with Gasteiger partial charge in [0, 0.05) is 16.1 Å². The fraction of sp³-hybridized carbons (Fsp3) is 0.207. The van der Waals surface area contributed by atoms with Gasteiger partial charge < -0.3 is 14.0 Å². The average molecular weight is 537 g/mol. The van der Waals surface area contributed by atoms with Crippen LogP contribution in [0.4, 0.5) is 14.9 Å². The third kappa shape index (κ3) is 6.20. The number of rotatable bonds is 8. The molecule has 0 fully saturated rings. The normalized spacial score (nSPS) is 11.6. The molecule has 1 aromatic heterocycles. The molecule has 1 amide bonds. The summed E-state index contributed by atoms with van der Waals surface area (Å²) in [5.41, 5.74) is 3.83. The third-order valence-electron chi connectivity index (χ3n) is 5.86. The predicted molar refractivity (Wildman–Crippen MR) is 142 cm³/mol. The molecule has 0 aliphatic heterocycles. The highest BCUT2D eigenvalue weighted by Crippen LogP contribution is 2.34.